The zero-order chi connectivity index (χ0) is 14.3. The smallest absolute Gasteiger partial charge is 0.309 e. The molecule has 0 heterocycles. The summed E-state index contributed by atoms with van der Waals surface area (Å²) in [7, 11) is 0. The Morgan fingerprint density at radius 2 is 1.67 bits per heavy atom. The summed E-state index contributed by atoms with van der Waals surface area (Å²) < 4.78 is 4.95. The molecule has 2 atom stereocenters. The van der Waals surface area contributed by atoms with Crippen molar-refractivity contribution in [3.05, 3.63) is 12.2 Å². The minimum atomic E-state index is -0.777. The quantitative estimate of drug-likeness (QED) is 0.397. The molecule has 4 nitrogen and oxygen atoms in total. The van der Waals surface area contributed by atoms with Crippen molar-refractivity contribution >= 4 is 17.5 Å². The van der Waals surface area contributed by atoms with Crippen molar-refractivity contribution in [2.24, 2.45) is 17.8 Å². The van der Waals surface area contributed by atoms with Crippen molar-refractivity contribution in [3.8, 4) is 0 Å². The lowest BCUT2D eigenvalue weighted by atomic mass is 9.78. The lowest BCUT2D eigenvalue weighted by molar-refractivity contribution is -0.150. The van der Waals surface area contributed by atoms with E-state index in [1.807, 2.05) is 0 Å². The summed E-state index contributed by atoms with van der Waals surface area (Å²) in [6.45, 7) is 8.24. The van der Waals surface area contributed by atoms with Crippen LogP contribution in [0.3, 0.4) is 0 Å². The fourth-order valence-electron chi connectivity index (χ4n) is 2.05. The first-order valence-corrected chi connectivity index (χ1v) is 6.17. The predicted molar refractivity (Wildman–Crippen MR) is 69.0 cm³/mol. The number of ketones is 2. The molecule has 0 aliphatic carbocycles. The van der Waals surface area contributed by atoms with Crippen LogP contribution in [0.1, 0.15) is 34.6 Å². The molecule has 0 saturated heterocycles. The van der Waals surface area contributed by atoms with E-state index in [2.05, 4.69) is 0 Å². The maximum absolute atomic E-state index is 11.7. The average molecular weight is 254 g/mol. The molecule has 0 fully saturated rings. The molecule has 0 saturated carbocycles. The number of rotatable bonds is 7. The van der Waals surface area contributed by atoms with E-state index < -0.39 is 17.8 Å². The minimum Gasteiger partial charge on any atom is -0.466 e. The predicted octanol–water partition coefficient (Wildman–Crippen LogP) is 2.17. The van der Waals surface area contributed by atoms with Gasteiger partial charge in [-0.2, -0.15) is 0 Å². The lowest BCUT2D eigenvalue weighted by Crippen LogP contribution is -2.35. The normalized spacial score (nSPS) is 14.6. The van der Waals surface area contributed by atoms with Crippen LogP contribution in [-0.2, 0) is 19.1 Å². The van der Waals surface area contributed by atoms with Crippen molar-refractivity contribution in [2.45, 2.75) is 34.6 Å². The second-order valence-electron chi connectivity index (χ2n) is 4.34. The third-order valence-corrected chi connectivity index (χ3v) is 2.91. The summed E-state index contributed by atoms with van der Waals surface area (Å²) in [4.78, 5) is 34.9. The molecule has 4 heteroatoms. The van der Waals surface area contributed by atoms with Crippen LogP contribution in [0.5, 0.6) is 0 Å². The second-order valence-corrected chi connectivity index (χ2v) is 4.34. The Hall–Kier alpha value is -1.45. The molecule has 0 aromatic rings. The standard InChI is InChI=1S/C14H22O4/c1-6-8-12(9(3)14(17)18-7-2)13(10(4)15)11(5)16/h6,8-9,12-13H,7H2,1-5H3/b8-6+. The third-order valence-electron chi connectivity index (χ3n) is 2.91. The Morgan fingerprint density at radius 3 is 2.00 bits per heavy atom. The van der Waals surface area contributed by atoms with Gasteiger partial charge in [-0.05, 0) is 27.7 Å². The van der Waals surface area contributed by atoms with Gasteiger partial charge in [0.2, 0.25) is 0 Å². The molecule has 0 amide bonds. The van der Waals surface area contributed by atoms with Crippen LogP contribution in [-0.4, -0.2) is 24.1 Å². The molecular formula is C14H22O4. The summed E-state index contributed by atoms with van der Waals surface area (Å²) in [5.74, 6) is -2.56. The monoisotopic (exact) mass is 254 g/mol. The number of hydrogen-bond donors (Lipinski definition) is 0. The van der Waals surface area contributed by atoms with E-state index in [-0.39, 0.29) is 24.1 Å². The van der Waals surface area contributed by atoms with Gasteiger partial charge in [0.25, 0.3) is 0 Å². The number of carbonyl (C=O) groups excluding carboxylic acids is 3. The number of carbonyl (C=O) groups is 3. The van der Waals surface area contributed by atoms with Gasteiger partial charge in [-0.3, -0.25) is 14.4 Å². The number of Topliss-reactive ketones (excluding diaryl/α,β-unsaturated/α-hetero) is 2. The van der Waals surface area contributed by atoms with Gasteiger partial charge in [-0.15, -0.1) is 0 Å². The first-order chi connectivity index (χ1) is 8.36. The van der Waals surface area contributed by atoms with Gasteiger partial charge in [-0.25, -0.2) is 0 Å². The molecule has 0 radical (unpaired) electrons. The zero-order valence-electron chi connectivity index (χ0n) is 11.7. The minimum absolute atomic E-state index is 0.221. The van der Waals surface area contributed by atoms with Gasteiger partial charge in [0, 0.05) is 5.92 Å². The number of allylic oxidation sites excluding steroid dienone is 2. The highest BCUT2D eigenvalue weighted by atomic mass is 16.5. The maximum Gasteiger partial charge on any atom is 0.309 e. The van der Waals surface area contributed by atoms with Crippen molar-refractivity contribution in [3.63, 3.8) is 0 Å². The van der Waals surface area contributed by atoms with E-state index in [4.69, 9.17) is 4.74 Å². The number of hydrogen-bond acceptors (Lipinski definition) is 4. The van der Waals surface area contributed by atoms with Gasteiger partial charge in [-0.1, -0.05) is 19.1 Å². The van der Waals surface area contributed by atoms with E-state index in [0.29, 0.717) is 0 Å². The van der Waals surface area contributed by atoms with Gasteiger partial charge in [0.15, 0.2) is 0 Å². The molecule has 0 rings (SSSR count). The Labute approximate surface area is 108 Å². The SMILES string of the molecule is C/C=C/C(C(C)C(=O)OCC)C(C(C)=O)C(C)=O. The van der Waals surface area contributed by atoms with Gasteiger partial charge >= 0.3 is 5.97 Å². The lowest BCUT2D eigenvalue weighted by Gasteiger charge is -2.25. The van der Waals surface area contributed by atoms with E-state index in [1.54, 1.807) is 32.9 Å². The summed E-state index contributed by atoms with van der Waals surface area (Å²) in [6.07, 6.45) is 3.48. The molecule has 0 aliphatic heterocycles. The van der Waals surface area contributed by atoms with Crippen LogP contribution in [0.15, 0.2) is 12.2 Å². The van der Waals surface area contributed by atoms with Crippen molar-refractivity contribution < 1.29 is 19.1 Å². The third kappa shape index (κ3) is 4.43. The highest BCUT2D eigenvalue weighted by Crippen LogP contribution is 2.26. The molecule has 0 bridgehead atoms. The Bertz CT molecular complexity index is 330. The fourth-order valence-corrected chi connectivity index (χ4v) is 2.05. The summed E-state index contributed by atoms with van der Waals surface area (Å²) in [6, 6.07) is 0. The second kappa shape index (κ2) is 7.80. The fraction of sp³-hybridized carbons (Fsp3) is 0.643. The van der Waals surface area contributed by atoms with E-state index in [0.717, 1.165) is 0 Å². The summed E-state index contributed by atoms with van der Waals surface area (Å²) >= 11 is 0. The molecule has 0 aromatic carbocycles. The van der Waals surface area contributed by atoms with Crippen molar-refractivity contribution in [1.29, 1.82) is 0 Å². The Balaban J connectivity index is 5.21. The highest BCUT2D eigenvalue weighted by Gasteiger charge is 2.35. The molecule has 2 unspecified atom stereocenters. The number of ether oxygens (including phenoxy) is 1. The molecule has 18 heavy (non-hydrogen) atoms. The first kappa shape index (κ1) is 16.6. The van der Waals surface area contributed by atoms with Crippen LogP contribution in [0, 0.1) is 17.8 Å². The molecule has 0 N–H and O–H groups in total. The van der Waals surface area contributed by atoms with E-state index in [9.17, 15) is 14.4 Å². The van der Waals surface area contributed by atoms with E-state index >= 15 is 0 Å². The topological polar surface area (TPSA) is 60.4 Å². The average Bonchev–Trinajstić information content (AvgIpc) is 2.26. The van der Waals surface area contributed by atoms with Crippen molar-refractivity contribution in [1.82, 2.24) is 0 Å². The molecule has 0 spiro atoms. The highest BCUT2D eigenvalue weighted by molar-refractivity contribution is 6.01. The van der Waals surface area contributed by atoms with Crippen LogP contribution in [0.25, 0.3) is 0 Å². The van der Waals surface area contributed by atoms with Gasteiger partial charge < -0.3 is 4.74 Å². The van der Waals surface area contributed by atoms with Crippen LogP contribution < -0.4 is 0 Å². The van der Waals surface area contributed by atoms with E-state index in [1.165, 1.54) is 13.8 Å². The van der Waals surface area contributed by atoms with Gasteiger partial charge in [0.05, 0.1) is 18.4 Å². The van der Waals surface area contributed by atoms with Crippen LogP contribution in [0.4, 0.5) is 0 Å². The molecule has 0 aliphatic rings. The summed E-state index contributed by atoms with van der Waals surface area (Å²) in [5, 5.41) is 0. The summed E-state index contributed by atoms with van der Waals surface area (Å²) in [5.41, 5.74) is 0. The maximum atomic E-state index is 11.7. The van der Waals surface area contributed by atoms with Crippen molar-refractivity contribution in [2.75, 3.05) is 6.61 Å². The van der Waals surface area contributed by atoms with Gasteiger partial charge in [0.1, 0.15) is 11.6 Å². The molecular weight excluding hydrogens is 232 g/mol. The molecule has 102 valence electrons. The zero-order valence-corrected chi connectivity index (χ0v) is 11.7. The van der Waals surface area contributed by atoms with Crippen LogP contribution in [0.2, 0.25) is 0 Å². The van der Waals surface area contributed by atoms with Crippen LogP contribution >= 0.6 is 0 Å². The first-order valence-electron chi connectivity index (χ1n) is 6.17. The molecule has 0 aromatic heterocycles. The number of esters is 1. The Kier molecular flexibility index (Phi) is 7.17. The Morgan fingerprint density at radius 1 is 1.17 bits per heavy atom. The largest absolute Gasteiger partial charge is 0.466 e.